The Balaban J connectivity index is 1.10. The van der Waals surface area contributed by atoms with Gasteiger partial charge in [-0.3, -0.25) is 0 Å². The maximum atomic E-state index is 2.99. The van der Waals surface area contributed by atoms with Crippen LogP contribution in [0.4, 0.5) is 39.8 Å². The summed E-state index contributed by atoms with van der Waals surface area (Å²) in [6.45, 7) is 37.1. The maximum absolute atomic E-state index is 2.99. The molecule has 0 bridgehead atoms. The summed E-state index contributed by atoms with van der Waals surface area (Å²) < 4.78 is 0. The van der Waals surface area contributed by atoms with Gasteiger partial charge in [0.05, 0.1) is 16.8 Å². The molecule has 83 heavy (non-hydrogen) atoms. The SMILES string of the molecule is CC(C)(C)c1ccc(N2c3cc4c(cc3B3c5cc(C(C)(C)C)cc6c5N(c5cc(N7c8ccc(-c9ccccc9)cc8C8(C)CCCCC78C)cc2c53)C2(C)CCCCC62C)-c2cc(C(C)(C)C)ccc2C4(C)C)c(-c2ccccc2)c1. The van der Waals surface area contributed by atoms with Crippen molar-refractivity contribution in [3.05, 3.63) is 191 Å². The first-order valence-electron chi connectivity index (χ1n) is 31.8. The van der Waals surface area contributed by atoms with Crippen LogP contribution in [0, 0.1) is 0 Å². The minimum absolute atomic E-state index is 0.00735. The largest absolute Gasteiger partial charge is 0.335 e. The first-order chi connectivity index (χ1) is 39.3. The van der Waals surface area contributed by atoms with Crippen LogP contribution in [0.25, 0.3) is 33.4 Å². The zero-order chi connectivity index (χ0) is 57.9. The smallest absolute Gasteiger partial charge is 0.252 e. The van der Waals surface area contributed by atoms with Crippen molar-refractivity contribution >= 4 is 62.9 Å². The Hall–Kier alpha value is -6.78. The van der Waals surface area contributed by atoms with Crippen LogP contribution in [0.2, 0.25) is 0 Å². The summed E-state index contributed by atoms with van der Waals surface area (Å²) in [6.07, 6.45) is 9.59. The van der Waals surface area contributed by atoms with E-state index in [4.69, 9.17) is 0 Å². The van der Waals surface area contributed by atoms with E-state index in [1.54, 1.807) is 5.56 Å². The van der Waals surface area contributed by atoms with Crippen LogP contribution in [0.5, 0.6) is 0 Å². The van der Waals surface area contributed by atoms with Crippen LogP contribution in [-0.2, 0) is 32.5 Å². The molecule has 0 amide bonds. The third kappa shape index (κ3) is 7.11. The monoisotopic (exact) mass is 1090 g/mol. The van der Waals surface area contributed by atoms with Gasteiger partial charge in [-0.1, -0.05) is 225 Å². The molecule has 4 aliphatic heterocycles. The summed E-state index contributed by atoms with van der Waals surface area (Å²) in [4.78, 5) is 8.69. The summed E-state index contributed by atoms with van der Waals surface area (Å²) >= 11 is 0. The van der Waals surface area contributed by atoms with E-state index in [1.165, 1.54) is 161 Å². The predicted molar refractivity (Wildman–Crippen MR) is 356 cm³/mol. The first-order valence-corrected chi connectivity index (χ1v) is 31.8. The Morgan fingerprint density at radius 3 is 1.58 bits per heavy atom. The second-order valence-corrected chi connectivity index (χ2v) is 31.2. The van der Waals surface area contributed by atoms with Gasteiger partial charge in [0.15, 0.2) is 0 Å². The molecular weight excluding hydrogens is 1000 g/mol. The first kappa shape index (κ1) is 53.0. The molecule has 0 radical (unpaired) electrons. The molecule has 8 aromatic rings. The second kappa shape index (κ2) is 17.2. The molecule has 7 aliphatic rings. The van der Waals surface area contributed by atoms with E-state index in [0.29, 0.717) is 0 Å². The number of nitrogens with zero attached hydrogens (tertiary/aromatic N) is 3. The summed E-state index contributed by atoms with van der Waals surface area (Å²) in [5.41, 5.74) is 31.1. The van der Waals surface area contributed by atoms with Crippen LogP contribution in [0.3, 0.4) is 0 Å². The average Bonchev–Trinajstić information content (AvgIpc) is 1.60. The molecule has 420 valence electrons. The van der Waals surface area contributed by atoms with Crippen LogP contribution in [0.15, 0.2) is 152 Å². The van der Waals surface area contributed by atoms with Gasteiger partial charge >= 0.3 is 0 Å². The summed E-state index contributed by atoms with van der Waals surface area (Å²) in [5.74, 6) is 0. The van der Waals surface area contributed by atoms with Gasteiger partial charge in [-0.15, -0.1) is 0 Å². The fourth-order valence-electron chi connectivity index (χ4n) is 17.9. The molecule has 0 saturated heterocycles. The van der Waals surface area contributed by atoms with Crippen LogP contribution in [-0.4, -0.2) is 17.8 Å². The van der Waals surface area contributed by atoms with Gasteiger partial charge in [0.25, 0.3) is 6.71 Å². The van der Waals surface area contributed by atoms with Crippen LogP contribution in [0.1, 0.15) is 194 Å². The lowest BCUT2D eigenvalue weighted by Crippen LogP contribution is -2.64. The standard InChI is InChI=1S/C79H86BN3/c1-72(2,3)52-31-33-59-57(42-52)58-47-63-67(48-60(58)75(59,10)11)81(65-35-32-53(73(4,5)6)41-56(65)50-28-20-17-21-29-50)68-45-55(82-66-34-30-51(49-26-18-16-19-27-49)40-61(66)76(12)36-22-24-38-78(76,82)14)46-69-70(68)80(63)64-44-54(74(7,8)9)43-62-71(64)83(69)79(15)39-25-23-37-77(62,79)13/h16-21,26-35,40-48H,22-25,36-39H2,1-15H3. The van der Waals surface area contributed by atoms with Gasteiger partial charge in [-0.2, -0.15) is 0 Å². The van der Waals surface area contributed by atoms with E-state index < -0.39 is 0 Å². The lowest BCUT2D eigenvalue weighted by molar-refractivity contribution is 0.194. The van der Waals surface area contributed by atoms with Crippen molar-refractivity contribution in [3.63, 3.8) is 0 Å². The molecule has 0 aromatic heterocycles. The van der Waals surface area contributed by atoms with Crippen molar-refractivity contribution in [2.75, 3.05) is 14.7 Å². The Morgan fingerprint density at radius 1 is 0.373 bits per heavy atom. The quantitative estimate of drug-likeness (QED) is 0.163. The minimum Gasteiger partial charge on any atom is -0.335 e. The number of hydrogen-bond donors (Lipinski definition) is 0. The fraction of sp³-hybridized carbons (Fsp3) is 0.392. The molecule has 4 heteroatoms. The van der Waals surface area contributed by atoms with Crippen molar-refractivity contribution in [2.24, 2.45) is 0 Å². The lowest BCUT2D eigenvalue weighted by atomic mass is 9.33. The summed E-state index contributed by atoms with van der Waals surface area (Å²) in [6, 6.07) is 61.2. The van der Waals surface area contributed by atoms with Gasteiger partial charge in [0, 0.05) is 55.9 Å². The van der Waals surface area contributed by atoms with Crippen molar-refractivity contribution in [1.29, 1.82) is 0 Å². The lowest BCUT2D eigenvalue weighted by Gasteiger charge is -2.54. The number of benzene rings is 8. The van der Waals surface area contributed by atoms with E-state index in [1.807, 2.05) is 0 Å². The Bertz CT molecular complexity index is 4050. The molecule has 15 rings (SSSR count). The topological polar surface area (TPSA) is 9.72 Å². The highest BCUT2D eigenvalue weighted by Gasteiger charge is 2.63. The summed E-state index contributed by atoms with van der Waals surface area (Å²) in [5, 5.41) is 0. The zero-order valence-electron chi connectivity index (χ0n) is 52.5. The molecule has 4 unspecified atom stereocenters. The van der Waals surface area contributed by atoms with Crippen LogP contribution < -0.4 is 31.1 Å². The molecule has 2 saturated carbocycles. The van der Waals surface area contributed by atoms with Gasteiger partial charge in [-0.05, 0) is 181 Å². The maximum Gasteiger partial charge on any atom is 0.252 e. The molecule has 0 spiro atoms. The minimum atomic E-state index is -0.221. The van der Waals surface area contributed by atoms with Gasteiger partial charge in [0.2, 0.25) is 0 Å². The average molecular weight is 1090 g/mol. The number of anilines is 7. The highest BCUT2D eigenvalue weighted by molar-refractivity contribution is 7.00. The van der Waals surface area contributed by atoms with E-state index in [0.717, 1.165) is 12.8 Å². The molecule has 3 aliphatic carbocycles. The highest BCUT2D eigenvalue weighted by atomic mass is 15.3. The normalized spacial score (nSPS) is 24.1. The Kier molecular flexibility index (Phi) is 11.0. The van der Waals surface area contributed by atoms with Gasteiger partial charge < -0.3 is 14.7 Å². The van der Waals surface area contributed by atoms with E-state index in [-0.39, 0.29) is 50.3 Å². The predicted octanol–water partition coefficient (Wildman–Crippen LogP) is 19.3. The van der Waals surface area contributed by atoms with Crippen molar-refractivity contribution in [2.45, 2.75) is 199 Å². The second-order valence-electron chi connectivity index (χ2n) is 31.2. The van der Waals surface area contributed by atoms with Gasteiger partial charge in [0.1, 0.15) is 0 Å². The summed E-state index contributed by atoms with van der Waals surface area (Å²) in [7, 11) is 0. The highest BCUT2D eigenvalue weighted by Crippen LogP contribution is 2.66. The zero-order valence-corrected chi connectivity index (χ0v) is 52.5. The molecular formula is C79H86BN3. The molecule has 4 atom stereocenters. The molecule has 3 nitrogen and oxygen atoms in total. The molecule has 8 aromatic carbocycles. The van der Waals surface area contributed by atoms with Crippen LogP contribution >= 0.6 is 0 Å². The van der Waals surface area contributed by atoms with E-state index in [9.17, 15) is 0 Å². The van der Waals surface area contributed by atoms with E-state index in [2.05, 4.69) is 270 Å². The number of rotatable bonds is 4. The van der Waals surface area contributed by atoms with Crippen molar-refractivity contribution < 1.29 is 0 Å². The molecule has 2 fully saturated rings. The Labute approximate surface area is 497 Å². The van der Waals surface area contributed by atoms with Crippen molar-refractivity contribution in [1.82, 2.24) is 0 Å². The molecule has 0 N–H and O–H groups in total. The molecule has 4 heterocycles. The fourth-order valence-corrected chi connectivity index (χ4v) is 17.9. The number of hydrogen-bond acceptors (Lipinski definition) is 3. The Morgan fingerprint density at radius 2 is 0.928 bits per heavy atom. The number of fused-ring (bicyclic) bond motifs is 13. The third-order valence-corrected chi connectivity index (χ3v) is 23.2. The third-order valence-electron chi connectivity index (χ3n) is 23.2. The van der Waals surface area contributed by atoms with E-state index >= 15 is 0 Å². The van der Waals surface area contributed by atoms with Crippen molar-refractivity contribution in [3.8, 4) is 33.4 Å². The van der Waals surface area contributed by atoms with Gasteiger partial charge in [-0.25, -0.2) is 0 Å².